The van der Waals surface area contributed by atoms with Crippen molar-refractivity contribution in [2.75, 3.05) is 0 Å². The van der Waals surface area contributed by atoms with Crippen molar-refractivity contribution in [3.63, 3.8) is 0 Å². The predicted octanol–water partition coefficient (Wildman–Crippen LogP) is 6.68. The Kier molecular flexibility index (Phi) is 4.51. The van der Waals surface area contributed by atoms with Crippen LogP contribution < -0.4 is 0 Å². The second-order valence-corrected chi connectivity index (χ2v) is 7.09. The van der Waals surface area contributed by atoms with Crippen molar-refractivity contribution in [2.24, 2.45) is 0 Å². The third kappa shape index (κ3) is 3.37. The molecule has 0 unspecified atom stereocenters. The quantitative estimate of drug-likeness (QED) is 0.343. The highest BCUT2D eigenvalue weighted by Gasteiger charge is 2.15. The number of fused-ring (bicyclic) bond motifs is 1. The van der Waals surface area contributed by atoms with Crippen LogP contribution in [0.15, 0.2) is 97.1 Å². The van der Waals surface area contributed by atoms with Crippen LogP contribution in [-0.2, 0) is 0 Å². The molecule has 0 N–H and O–H groups in total. The number of hydrogen-bond acceptors (Lipinski definition) is 3. The molecule has 3 nitrogen and oxygen atoms in total. The van der Waals surface area contributed by atoms with Gasteiger partial charge in [-0.3, -0.25) is 0 Å². The summed E-state index contributed by atoms with van der Waals surface area (Å²) in [4.78, 5) is 14.4. The van der Waals surface area contributed by atoms with Crippen LogP contribution in [0.3, 0.4) is 0 Å². The third-order valence-electron chi connectivity index (χ3n) is 4.81. The summed E-state index contributed by atoms with van der Waals surface area (Å²) in [7, 11) is 0. The Labute approximate surface area is 173 Å². The minimum atomic E-state index is 0.562. The first kappa shape index (κ1) is 17.5. The van der Waals surface area contributed by atoms with E-state index < -0.39 is 0 Å². The van der Waals surface area contributed by atoms with E-state index in [0.717, 1.165) is 27.5 Å². The molecule has 0 fully saturated rings. The van der Waals surface area contributed by atoms with Gasteiger partial charge in [0.25, 0.3) is 0 Å². The number of nitrogens with zero attached hydrogens (tertiary/aromatic N) is 3. The largest absolute Gasteiger partial charge is 0.208 e. The van der Waals surface area contributed by atoms with Crippen molar-refractivity contribution in [1.82, 2.24) is 15.0 Å². The van der Waals surface area contributed by atoms with Gasteiger partial charge in [-0.25, -0.2) is 15.0 Å². The van der Waals surface area contributed by atoms with E-state index in [9.17, 15) is 0 Å². The van der Waals surface area contributed by atoms with Crippen molar-refractivity contribution in [1.29, 1.82) is 0 Å². The van der Waals surface area contributed by atoms with Crippen LogP contribution in [0.5, 0.6) is 0 Å². The molecule has 1 heterocycles. The van der Waals surface area contributed by atoms with Gasteiger partial charge < -0.3 is 0 Å². The van der Waals surface area contributed by atoms with Crippen LogP contribution in [0, 0.1) is 0 Å². The molecule has 5 rings (SSSR count). The summed E-state index contributed by atoms with van der Waals surface area (Å²) in [5.74, 6) is 1.82. The van der Waals surface area contributed by atoms with Gasteiger partial charge in [0.15, 0.2) is 17.5 Å². The lowest BCUT2D eigenvalue weighted by Crippen LogP contribution is -2.00. The molecule has 5 aromatic rings. The topological polar surface area (TPSA) is 38.7 Å². The minimum absolute atomic E-state index is 0.562. The Morgan fingerprint density at radius 1 is 0.483 bits per heavy atom. The molecule has 0 spiro atoms. The van der Waals surface area contributed by atoms with E-state index in [1.807, 2.05) is 78.9 Å². The molecule has 0 saturated heterocycles. The first-order valence-electron chi connectivity index (χ1n) is 9.34. The highest BCUT2D eigenvalue weighted by molar-refractivity contribution is 6.33. The molecule has 138 valence electrons. The summed E-state index contributed by atoms with van der Waals surface area (Å²) in [6, 6.07) is 31.9. The molecule has 0 radical (unpaired) electrons. The molecular formula is C25H16ClN3. The molecule has 0 aliphatic rings. The van der Waals surface area contributed by atoms with Crippen LogP contribution in [0.4, 0.5) is 0 Å². The molecule has 4 aromatic carbocycles. The van der Waals surface area contributed by atoms with E-state index >= 15 is 0 Å². The summed E-state index contributed by atoms with van der Waals surface area (Å²) >= 11 is 6.45. The van der Waals surface area contributed by atoms with Gasteiger partial charge in [-0.05, 0) is 22.9 Å². The summed E-state index contributed by atoms with van der Waals surface area (Å²) in [6.45, 7) is 0. The van der Waals surface area contributed by atoms with Crippen molar-refractivity contribution in [2.45, 2.75) is 0 Å². The average Bonchev–Trinajstić information content (AvgIpc) is 2.79. The Hall–Kier alpha value is -3.56. The summed E-state index contributed by atoms with van der Waals surface area (Å²) < 4.78 is 0. The van der Waals surface area contributed by atoms with E-state index in [4.69, 9.17) is 26.6 Å². The summed E-state index contributed by atoms with van der Waals surface area (Å²) in [6.07, 6.45) is 0. The first-order valence-corrected chi connectivity index (χ1v) is 9.72. The number of halogens is 1. The number of hydrogen-bond donors (Lipinski definition) is 0. The van der Waals surface area contributed by atoms with Gasteiger partial charge in [0, 0.05) is 16.7 Å². The highest BCUT2D eigenvalue weighted by Crippen LogP contribution is 2.31. The maximum absolute atomic E-state index is 6.45. The monoisotopic (exact) mass is 393 g/mol. The predicted molar refractivity (Wildman–Crippen MR) is 119 cm³/mol. The maximum Gasteiger partial charge on any atom is 0.165 e. The van der Waals surface area contributed by atoms with Gasteiger partial charge in [0.1, 0.15) is 0 Å². The lowest BCUT2D eigenvalue weighted by atomic mass is 10.0. The minimum Gasteiger partial charge on any atom is -0.208 e. The Balaban J connectivity index is 1.79. The lowest BCUT2D eigenvalue weighted by Gasteiger charge is -2.10. The SMILES string of the molecule is Clc1ccccc1-c1nc(-c2ccccc2)nc(-c2cccc3ccccc23)n1. The zero-order chi connectivity index (χ0) is 19.6. The van der Waals surface area contributed by atoms with E-state index in [1.165, 1.54) is 0 Å². The van der Waals surface area contributed by atoms with Crippen LogP contribution in [0.1, 0.15) is 0 Å². The van der Waals surface area contributed by atoms with Crippen LogP contribution in [-0.4, -0.2) is 15.0 Å². The second kappa shape index (κ2) is 7.46. The van der Waals surface area contributed by atoms with E-state index in [1.54, 1.807) is 0 Å². The molecule has 0 bridgehead atoms. The molecule has 0 amide bonds. The molecule has 29 heavy (non-hydrogen) atoms. The fraction of sp³-hybridized carbons (Fsp3) is 0. The normalized spacial score (nSPS) is 10.9. The van der Waals surface area contributed by atoms with Gasteiger partial charge in [-0.15, -0.1) is 0 Å². The van der Waals surface area contributed by atoms with Crippen LogP contribution in [0.25, 0.3) is 44.9 Å². The highest BCUT2D eigenvalue weighted by atomic mass is 35.5. The molecule has 0 atom stereocenters. The van der Waals surface area contributed by atoms with Crippen molar-refractivity contribution >= 4 is 22.4 Å². The van der Waals surface area contributed by atoms with E-state index in [2.05, 4.69) is 18.2 Å². The van der Waals surface area contributed by atoms with Crippen molar-refractivity contribution in [3.8, 4) is 34.2 Å². The average molecular weight is 394 g/mol. The van der Waals surface area contributed by atoms with Crippen LogP contribution in [0.2, 0.25) is 5.02 Å². The Bertz CT molecular complexity index is 1310. The van der Waals surface area contributed by atoms with E-state index in [-0.39, 0.29) is 0 Å². The van der Waals surface area contributed by atoms with Gasteiger partial charge >= 0.3 is 0 Å². The zero-order valence-corrected chi connectivity index (χ0v) is 16.2. The van der Waals surface area contributed by atoms with Gasteiger partial charge in [0.05, 0.1) is 5.02 Å². The van der Waals surface area contributed by atoms with Crippen LogP contribution >= 0.6 is 11.6 Å². The van der Waals surface area contributed by atoms with Crippen molar-refractivity contribution < 1.29 is 0 Å². The number of rotatable bonds is 3. The number of aromatic nitrogens is 3. The Morgan fingerprint density at radius 3 is 1.90 bits per heavy atom. The fourth-order valence-corrected chi connectivity index (χ4v) is 3.62. The zero-order valence-electron chi connectivity index (χ0n) is 15.5. The standard InChI is InChI=1S/C25H16ClN3/c26-22-16-7-6-14-21(22)25-28-23(18-10-2-1-3-11-18)27-24(29-25)20-15-8-12-17-9-4-5-13-19(17)20/h1-16H. The number of benzene rings is 4. The smallest absolute Gasteiger partial charge is 0.165 e. The van der Waals surface area contributed by atoms with Gasteiger partial charge in [-0.2, -0.15) is 0 Å². The van der Waals surface area contributed by atoms with Gasteiger partial charge in [-0.1, -0.05) is 96.5 Å². The first-order chi connectivity index (χ1) is 14.3. The lowest BCUT2D eigenvalue weighted by molar-refractivity contribution is 1.08. The molecule has 0 aliphatic heterocycles. The van der Waals surface area contributed by atoms with Gasteiger partial charge in [0.2, 0.25) is 0 Å². The molecular weight excluding hydrogens is 378 g/mol. The van der Waals surface area contributed by atoms with Crippen molar-refractivity contribution in [3.05, 3.63) is 102 Å². The molecule has 0 saturated carbocycles. The molecule has 0 aliphatic carbocycles. The fourth-order valence-electron chi connectivity index (χ4n) is 3.40. The molecule has 1 aromatic heterocycles. The van der Waals surface area contributed by atoms with E-state index in [0.29, 0.717) is 22.5 Å². The maximum atomic E-state index is 6.45. The second-order valence-electron chi connectivity index (χ2n) is 6.68. The third-order valence-corrected chi connectivity index (χ3v) is 5.14. The summed E-state index contributed by atoms with van der Waals surface area (Å²) in [5, 5.41) is 2.86. The summed E-state index contributed by atoms with van der Waals surface area (Å²) in [5.41, 5.74) is 2.69. The Morgan fingerprint density at radius 2 is 1.07 bits per heavy atom. The molecule has 4 heteroatoms.